The number of ether oxygens (including phenoxy) is 2. The molecule has 2 heterocycles. The normalized spacial score (nSPS) is 15.3. The van der Waals surface area contributed by atoms with Crippen LogP contribution in [0.3, 0.4) is 0 Å². The third-order valence-electron chi connectivity index (χ3n) is 5.66. The number of fused-ring (bicyclic) bond motifs is 1. The zero-order chi connectivity index (χ0) is 22.3. The molecule has 1 fully saturated rings. The molecule has 8 nitrogen and oxygen atoms in total. The number of carbonyl (C=O) groups excluding carboxylic acids is 3. The van der Waals surface area contributed by atoms with E-state index in [4.69, 9.17) is 9.47 Å². The van der Waals surface area contributed by atoms with Gasteiger partial charge in [0.25, 0.3) is 0 Å². The van der Waals surface area contributed by atoms with E-state index in [1.807, 2.05) is 35.2 Å². The summed E-state index contributed by atoms with van der Waals surface area (Å²) in [6.07, 6.45) is 3.36. The summed E-state index contributed by atoms with van der Waals surface area (Å²) in [6.45, 7) is 2.08. The fraction of sp³-hybridized carbons (Fsp3) is 0.375. The number of hydrogen-bond acceptors (Lipinski definition) is 6. The standard InChI is InChI=1S/C24H27N3O5/c28-15-18-5-3-17(4-6-18)13-20(24(30)27-11-1-2-12-27)26-23(29)9-10-25-19-7-8-21-22(14-19)32-16-31-21/h3-8,14-15,20,25H,1-2,9-13,16H2,(H,26,29). The van der Waals surface area contributed by atoms with Crippen molar-refractivity contribution in [1.29, 1.82) is 0 Å². The van der Waals surface area contributed by atoms with Gasteiger partial charge in [0.15, 0.2) is 11.5 Å². The molecule has 2 N–H and O–H groups in total. The number of aldehydes is 1. The lowest BCUT2D eigenvalue weighted by molar-refractivity contribution is -0.135. The molecule has 32 heavy (non-hydrogen) atoms. The SMILES string of the molecule is O=Cc1ccc(CC(NC(=O)CCNc2ccc3c(c2)OCO3)C(=O)N2CCCC2)cc1. The van der Waals surface area contributed by atoms with E-state index in [9.17, 15) is 14.4 Å². The summed E-state index contributed by atoms with van der Waals surface area (Å²) in [5.41, 5.74) is 2.31. The number of nitrogens with one attached hydrogen (secondary N) is 2. The lowest BCUT2D eigenvalue weighted by atomic mass is 10.0. The molecule has 0 spiro atoms. The van der Waals surface area contributed by atoms with Crippen molar-refractivity contribution in [3.8, 4) is 11.5 Å². The molecule has 1 atom stereocenters. The van der Waals surface area contributed by atoms with Crippen LogP contribution in [0.15, 0.2) is 42.5 Å². The van der Waals surface area contributed by atoms with Crippen LogP contribution in [0.4, 0.5) is 5.69 Å². The summed E-state index contributed by atoms with van der Waals surface area (Å²) < 4.78 is 10.7. The van der Waals surface area contributed by atoms with Crippen LogP contribution in [-0.2, 0) is 16.0 Å². The van der Waals surface area contributed by atoms with Gasteiger partial charge in [-0.1, -0.05) is 24.3 Å². The first-order valence-electron chi connectivity index (χ1n) is 10.9. The topological polar surface area (TPSA) is 97.0 Å². The number of likely N-dealkylation sites (tertiary alicyclic amines) is 1. The van der Waals surface area contributed by atoms with Crippen molar-refractivity contribution in [1.82, 2.24) is 10.2 Å². The maximum Gasteiger partial charge on any atom is 0.245 e. The van der Waals surface area contributed by atoms with E-state index in [-0.39, 0.29) is 25.0 Å². The van der Waals surface area contributed by atoms with E-state index in [1.54, 1.807) is 12.1 Å². The van der Waals surface area contributed by atoms with Crippen LogP contribution in [0.25, 0.3) is 0 Å². The van der Waals surface area contributed by atoms with Crippen molar-refractivity contribution in [3.63, 3.8) is 0 Å². The Labute approximate surface area is 186 Å². The molecule has 4 rings (SSSR count). The Morgan fingerprint density at radius 3 is 2.53 bits per heavy atom. The summed E-state index contributed by atoms with van der Waals surface area (Å²) in [6, 6.07) is 12.0. The Bertz CT molecular complexity index is 970. The molecule has 0 aliphatic carbocycles. The van der Waals surface area contributed by atoms with Gasteiger partial charge in [0.1, 0.15) is 12.3 Å². The van der Waals surface area contributed by atoms with Crippen LogP contribution in [0.1, 0.15) is 35.2 Å². The largest absolute Gasteiger partial charge is 0.454 e. The number of amides is 2. The number of carbonyl (C=O) groups is 3. The first-order chi connectivity index (χ1) is 15.6. The van der Waals surface area contributed by atoms with Gasteiger partial charge in [-0.15, -0.1) is 0 Å². The Hall–Kier alpha value is -3.55. The second kappa shape index (κ2) is 10.2. The van der Waals surface area contributed by atoms with Crippen molar-refractivity contribution in [2.45, 2.75) is 31.7 Å². The summed E-state index contributed by atoms with van der Waals surface area (Å²) in [5, 5.41) is 6.11. The minimum Gasteiger partial charge on any atom is -0.454 e. The zero-order valence-electron chi connectivity index (χ0n) is 17.8. The van der Waals surface area contributed by atoms with Crippen LogP contribution in [0.5, 0.6) is 11.5 Å². The lowest BCUT2D eigenvalue weighted by Gasteiger charge is -2.24. The second-order valence-electron chi connectivity index (χ2n) is 7.96. The van der Waals surface area contributed by atoms with E-state index in [0.717, 1.165) is 43.5 Å². The third kappa shape index (κ3) is 5.38. The number of anilines is 1. The second-order valence-corrected chi connectivity index (χ2v) is 7.96. The van der Waals surface area contributed by atoms with Gasteiger partial charge in [-0.3, -0.25) is 14.4 Å². The minimum absolute atomic E-state index is 0.0564. The number of nitrogens with zero attached hydrogens (tertiary/aromatic N) is 1. The molecule has 2 aliphatic rings. The maximum atomic E-state index is 13.0. The molecule has 1 unspecified atom stereocenters. The summed E-state index contributed by atoms with van der Waals surface area (Å²) in [7, 11) is 0. The van der Waals surface area contributed by atoms with Gasteiger partial charge in [-0.25, -0.2) is 0 Å². The van der Waals surface area contributed by atoms with Gasteiger partial charge >= 0.3 is 0 Å². The van der Waals surface area contributed by atoms with Crippen LogP contribution >= 0.6 is 0 Å². The van der Waals surface area contributed by atoms with Gasteiger partial charge in [-0.05, 0) is 30.5 Å². The van der Waals surface area contributed by atoms with Crippen LogP contribution in [-0.4, -0.2) is 55.5 Å². The highest BCUT2D eigenvalue weighted by molar-refractivity contribution is 5.88. The van der Waals surface area contributed by atoms with E-state index >= 15 is 0 Å². The smallest absolute Gasteiger partial charge is 0.245 e. The monoisotopic (exact) mass is 437 g/mol. The van der Waals surface area contributed by atoms with Crippen molar-refractivity contribution < 1.29 is 23.9 Å². The maximum absolute atomic E-state index is 13.0. The number of rotatable bonds is 9. The van der Waals surface area contributed by atoms with E-state index < -0.39 is 6.04 Å². The molecular formula is C24H27N3O5. The van der Waals surface area contributed by atoms with E-state index in [2.05, 4.69) is 10.6 Å². The zero-order valence-corrected chi connectivity index (χ0v) is 17.8. The molecular weight excluding hydrogens is 410 g/mol. The summed E-state index contributed by atoms with van der Waals surface area (Å²) in [4.78, 5) is 38.4. The average Bonchev–Trinajstić information content (AvgIpc) is 3.50. The van der Waals surface area contributed by atoms with Crippen LogP contribution in [0.2, 0.25) is 0 Å². The fourth-order valence-corrected chi connectivity index (χ4v) is 3.92. The third-order valence-corrected chi connectivity index (χ3v) is 5.66. The molecule has 2 amide bonds. The number of hydrogen-bond donors (Lipinski definition) is 2. The molecule has 8 heteroatoms. The Morgan fingerprint density at radius 1 is 1.03 bits per heavy atom. The predicted octanol–water partition coefficient (Wildman–Crippen LogP) is 2.38. The van der Waals surface area contributed by atoms with Crippen molar-refractivity contribution >= 4 is 23.8 Å². The van der Waals surface area contributed by atoms with Gasteiger partial charge in [0.2, 0.25) is 18.6 Å². The van der Waals surface area contributed by atoms with E-state index in [0.29, 0.717) is 30.0 Å². The molecule has 2 aliphatic heterocycles. The lowest BCUT2D eigenvalue weighted by Crippen LogP contribution is -2.49. The van der Waals surface area contributed by atoms with Crippen LogP contribution in [0, 0.1) is 0 Å². The molecule has 2 aromatic rings. The van der Waals surface area contributed by atoms with Crippen molar-refractivity contribution in [2.75, 3.05) is 31.7 Å². The van der Waals surface area contributed by atoms with Gasteiger partial charge in [-0.2, -0.15) is 0 Å². The van der Waals surface area contributed by atoms with Gasteiger partial charge in [0, 0.05) is 49.8 Å². The Kier molecular flexibility index (Phi) is 6.89. The molecule has 0 saturated carbocycles. The quantitative estimate of drug-likeness (QED) is 0.585. The first kappa shape index (κ1) is 21.7. The highest BCUT2D eigenvalue weighted by atomic mass is 16.7. The number of benzene rings is 2. The Morgan fingerprint density at radius 2 is 1.78 bits per heavy atom. The molecule has 0 aromatic heterocycles. The molecule has 168 valence electrons. The minimum atomic E-state index is -0.631. The van der Waals surface area contributed by atoms with Gasteiger partial charge < -0.3 is 25.0 Å². The molecule has 0 bridgehead atoms. The van der Waals surface area contributed by atoms with Gasteiger partial charge in [0.05, 0.1) is 0 Å². The Balaban J connectivity index is 1.34. The predicted molar refractivity (Wildman–Crippen MR) is 119 cm³/mol. The fourth-order valence-electron chi connectivity index (χ4n) is 3.92. The highest BCUT2D eigenvalue weighted by Gasteiger charge is 2.28. The first-order valence-corrected chi connectivity index (χ1v) is 10.9. The van der Waals surface area contributed by atoms with E-state index in [1.165, 1.54) is 0 Å². The van der Waals surface area contributed by atoms with Crippen molar-refractivity contribution in [3.05, 3.63) is 53.6 Å². The average molecular weight is 437 g/mol. The highest BCUT2D eigenvalue weighted by Crippen LogP contribution is 2.34. The summed E-state index contributed by atoms with van der Waals surface area (Å²) in [5.74, 6) is 1.13. The summed E-state index contributed by atoms with van der Waals surface area (Å²) >= 11 is 0. The van der Waals surface area contributed by atoms with Crippen LogP contribution < -0.4 is 20.1 Å². The van der Waals surface area contributed by atoms with Crippen molar-refractivity contribution in [2.24, 2.45) is 0 Å². The molecule has 2 aromatic carbocycles. The molecule has 0 radical (unpaired) electrons. The molecule has 1 saturated heterocycles.